The van der Waals surface area contributed by atoms with Gasteiger partial charge in [0.15, 0.2) is 5.96 Å². The number of ether oxygens (including phenoxy) is 2. The summed E-state index contributed by atoms with van der Waals surface area (Å²) >= 11 is 1.75. The smallest absolute Gasteiger partial charge is 0.191 e. The Morgan fingerprint density at radius 3 is 2.87 bits per heavy atom. The van der Waals surface area contributed by atoms with Crippen molar-refractivity contribution in [1.29, 1.82) is 0 Å². The van der Waals surface area contributed by atoms with E-state index in [1.807, 2.05) is 6.92 Å². The summed E-state index contributed by atoms with van der Waals surface area (Å²) in [6, 6.07) is 6.34. The molecule has 1 aliphatic heterocycles. The summed E-state index contributed by atoms with van der Waals surface area (Å²) in [6.45, 7) is 7.15. The summed E-state index contributed by atoms with van der Waals surface area (Å²) in [5.41, 5.74) is 3.44. The van der Waals surface area contributed by atoms with Crippen LogP contribution in [0.1, 0.15) is 47.5 Å². The minimum Gasteiger partial charge on any atom is -0.491 e. The van der Waals surface area contributed by atoms with E-state index in [-0.39, 0.29) is 30.1 Å². The van der Waals surface area contributed by atoms with Crippen LogP contribution >= 0.6 is 35.3 Å². The van der Waals surface area contributed by atoms with Gasteiger partial charge in [0, 0.05) is 43.4 Å². The van der Waals surface area contributed by atoms with Gasteiger partial charge >= 0.3 is 0 Å². The molecule has 1 saturated heterocycles. The molecule has 1 atom stereocenters. The highest BCUT2D eigenvalue weighted by atomic mass is 127. The number of benzene rings is 1. The molecule has 2 heterocycles. The van der Waals surface area contributed by atoms with Crippen molar-refractivity contribution in [2.45, 2.75) is 58.6 Å². The summed E-state index contributed by atoms with van der Waals surface area (Å²) in [5.74, 6) is 1.73. The SMILES string of the molecule is CN=C(NCCCCc1nc(C)cs1)NCc1ccc(C)cc1OCC1CCCO1.I. The average Bonchev–Trinajstić information content (AvgIpc) is 3.41. The van der Waals surface area contributed by atoms with E-state index in [0.717, 1.165) is 68.2 Å². The zero-order valence-corrected chi connectivity index (χ0v) is 21.9. The highest BCUT2D eigenvalue weighted by Crippen LogP contribution is 2.22. The number of hydrogen-bond donors (Lipinski definition) is 2. The molecule has 0 bridgehead atoms. The Bertz CT molecular complexity index is 822. The molecule has 1 aliphatic rings. The van der Waals surface area contributed by atoms with Crippen LogP contribution in [0.4, 0.5) is 0 Å². The van der Waals surface area contributed by atoms with E-state index in [1.54, 1.807) is 18.4 Å². The second-order valence-electron chi connectivity index (χ2n) is 7.75. The minimum atomic E-state index is 0. The molecular weight excluding hydrogens is 523 g/mol. The molecule has 0 spiro atoms. The molecule has 2 aromatic rings. The third-order valence-electron chi connectivity index (χ3n) is 5.12. The minimum absolute atomic E-state index is 0. The highest BCUT2D eigenvalue weighted by molar-refractivity contribution is 14.0. The fourth-order valence-corrected chi connectivity index (χ4v) is 4.24. The van der Waals surface area contributed by atoms with Crippen molar-refractivity contribution in [2.75, 3.05) is 26.8 Å². The largest absolute Gasteiger partial charge is 0.491 e. The lowest BCUT2D eigenvalue weighted by atomic mass is 10.1. The number of hydrogen-bond acceptors (Lipinski definition) is 5. The second-order valence-corrected chi connectivity index (χ2v) is 8.69. The van der Waals surface area contributed by atoms with Crippen molar-refractivity contribution in [3.8, 4) is 5.75 Å². The standard InChI is InChI=1S/C23H34N4O2S.HI/c1-17-9-10-19(21(13-17)29-15-20-7-6-12-28-20)14-26-23(24-3)25-11-5-4-8-22-27-18(2)16-30-22;/h9-10,13,16,20H,4-8,11-12,14-15H2,1-3H3,(H2,24,25,26);1H. The molecule has 31 heavy (non-hydrogen) atoms. The van der Waals surface area contributed by atoms with Gasteiger partial charge in [0.25, 0.3) is 0 Å². The van der Waals surface area contributed by atoms with Crippen molar-refractivity contribution >= 4 is 41.3 Å². The summed E-state index contributed by atoms with van der Waals surface area (Å²) in [4.78, 5) is 8.86. The quantitative estimate of drug-likeness (QED) is 0.193. The molecule has 2 N–H and O–H groups in total. The number of aliphatic imine (C=N–C) groups is 1. The maximum absolute atomic E-state index is 6.09. The molecule has 0 radical (unpaired) electrons. The maximum Gasteiger partial charge on any atom is 0.191 e. The normalized spacial score (nSPS) is 16.1. The van der Waals surface area contributed by atoms with Crippen molar-refractivity contribution in [1.82, 2.24) is 15.6 Å². The van der Waals surface area contributed by atoms with Gasteiger partial charge in [-0.15, -0.1) is 35.3 Å². The Kier molecular flexibility index (Phi) is 11.6. The second kappa shape index (κ2) is 13.9. The van der Waals surface area contributed by atoms with Gasteiger partial charge in [0.1, 0.15) is 12.4 Å². The van der Waals surface area contributed by atoms with Crippen LogP contribution in [0.5, 0.6) is 5.75 Å². The van der Waals surface area contributed by atoms with Gasteiger partial charge in [0.05, 0.1) is 11.1 Å². The maximum atomic E-state index is 6.09. The van der Waals surface area contributed by atoms with Crippen LogP contribution in [0.2, 0.25) is 0 Å². The van der Waals surface area contributed by atoms with E-state index in [4.69, 9.17) is 9.47 Å². The Morgan fingerprint density at radius 1 is 1.29 bits per heavy atom. The first-order valence-electron chi connectivity index (χ1n) is 10.8. The van der Waals surface area contributed by atoms with E-state index < -0.39 is 0 Å². The van der Waals surface area contributed by atoms with Crippen LogP contribution in [-0.2, 0) is 17.7 Å². The molecule has 6 nitrogen and oxygen atoms in total. The summed E-state index contributed by atoms with van der Waals surface area (Å²) in [7, 11) is 1.80. The third kappa shape index (κ3) is 8.94. The number of nitrogens with zero attached hydrogens (tertiary/aromatic N) is 2. The molecule has 3 rings (SSSR count). The Hall–Kier alpha value is -1.39. The highest BCUT2D eigenvalue weighted by Gasteiger charge is 2.17. The van der Waals surface area contributed by atoms with Gasteiger partial charge in [-0.25, -0.2) is 4.98 Å². The van der Waals surface area contributed by atoms with Crippen molar-refractivity contribution in [2.24, 2.45) is 4.99 Å². The number of thiazole rings is 1. The van der Waals surface area contributed by atoms with Crippen LogP contribution < -0.4 is 15.4 Å². The lowest BCUT2D eigenvalue weighted by Gasteiger charge is -2.17. The van der Waals surface area contributed by atoms with Crippen LogP contribution in [0, 0.1) is 13.8 Å². The predicted molar refractivity (Wildman–Crippen MR) is 139 cm³/mol. The van der Waals surface area contributed by atoms with E-state index in [9.17, 15) is 0 Å². The first-order chi connectivity index (χ1) is 14.6. The summed E-state index contributed by atoms with van der Waals surface area (Å²) < 4.78 is 11.8. The molecule has 0 saturated carbocycles. The van der Waals surface area contributed by atoms with Gasteiger partial charge in [-0.05, 0) is 57.6 Å². The Balaban J connectivity index is 0.00000341. The van der Waals surface area contributed by atoms with Crippen molar-refractivity contribution in [3.63, 3.8) is 0 Å². The number of guanidine groups is 1. The molecular formula is C23H35IN4O2S. The third-order valence-corrected chi connectivity index (χ3v) is 6.14. The number of halogens is 1. The number of aromatic nitrogens is 1. The molecule has 0 aliphatic carbocycles. The van der Waals surface area contributed by atoms with Gasteiger partial charge in [0.2, 0.25) is 0 Å². The van der Waals surface area contributed by atoms with Gasteiger partial charge < -0.3 is 20.1 Å². The molecule has 1 aromatic heterocycles. The predicted octanol–water partition coefficient (Wildman–Crippen LogP) is 4.62. The summed E-state index contributed by atoms with van der Waals surface area (Å²) in [5, 5.41) is 10.1. The van der Waals surface area contributed by atoms with Crippen LogP contribution in [-0.4, -0.2) is 43.9 Å². The molecule has 172 valence electrons. The average molecular weight is 559 g/mol. The number of rotatable bonds is 10. The van der Waals surface area contributed by atoms with Crippen LogP contribution in [0.3, 0.4) is 0 Å². The van der Waals surface area contributed by atoms with E-state index in [1.165, 1.54) is 10.6 Å². The fourth-order valence-electron chi connectivity index (χ4n) is 3.43. The number of unbranched alkanes of at least 4 members (excludes halogenated alkanes) is 1. The van der Waals surface area contributed by atoms with Gasteiger partial charge in [-0.3, -0.25) is 4.99 Å². The first kappa shape index (κ1) is 25.9. The van der Waals surface area contributed by atoms with Gasteiger partial charge in [-0.1, -0.05) is 12.1 Å². The molecule has 1 unspecified atom stereocenters. The molecule has 8 heteroatoms. The number of nitrogens with one attached hydrogen (secondary N) is 2. The molecule has 1 fully saturated rings. The zero-order chi connectivity index (χ0) is 21.2. The van der Waals surface area contributed by atoms with E-state index in [2.05, 4.69) is 51.1 Å². The fraction of sp³-hybridized carbons (Fsp3) is 0.565. The topological polar surface area (TPSA) is 67.8 Å². The monoisotopic (exact) mass is 558 g/mol. The van der Waals surface area contributed by atoms with Crippen LogP contribution in [0.15, 0.2) is 28.6 Å². The van der Waals surface area contributed by atoms with E-state index in [0.29, 0.717) is 13.2 Å². The Labute approximate surface area is 207 Å². The molecule has 1 aromatic carbocycles. The zero-order valence-electron chi connectivity index (χ0n) is 18.8. The van der Waals surface area contributed by atoms with Crippen molar-refractivity contribution < 1.29 is 9.47 Å². The lowest BCUT2D eigenvalue weighted by molar-refractivity contribution is 0.0676. The number of aryl methyl sites for hydroxylation is 3. The van der Waals surface area contributed by atoms with E-state index >= 15 is 0 Å². The van der Waals surface area contributed by atoms with Gasteiger partial charge in [-0.2, -0.15) is 0 Å². The lowest BCUT2D eigenvalue weighted by Crippen LogP contribution is -2.37. The first-order valence-corrected chi connectivity index (χ1v) is 11.7. The summed E-state index contributed by atoms with van der Waals surface area (Å²) in [6.07, 6.45) is 5.67. The molecule has 0 amide bonds. The van der Waals surface area contributed by atoms with Crippen LogP contribution in [0.25, 0.3) is 0 Å². The Morgan fingerprint density at radius 2 is 2.16 bits per heavy atom. The van der Waals surface area contributed by atoms with Crippen molar-refractivity contribution in [3.05, 3.63) is 45.4 Å².